The zero-order valence-electron chi connectivity index (χ0n) is 10.3. The van der Waals surface area contributed by atoms with E-state index in [1.54, 1.807) is 25.1 Å². The molecule has 1 aromatic rings. The highest BCUT2D eigenvalue weighted by atomic mass is 32.2. The summed E-state index contributed by atoms with van der Waals surface area (Å²) in [5, 5.41) is 8.57. The molecule has 0 amide bonds. The molecule has 0 atom stereocenters. The van der Waals surface area contributed by atoms with E-state index in [1.807, 2.05) is 0 Å². The Morgan fingerprint density at radius 3 is 2.74 bits per heavy atom. The van der Waals surface area contributed by atoms with Gasteiger partial charge >= 0.3 is 5.97 Å². The number of Topliss-reactive ketones (excluding diaryl/α,β-unsaturated/α-hetero) is 1. The lowest BCUT2D eigenvalue weighted by molar-refractivity contribution is -0.136. The van der Waals surface area contributed by atoms with Gasteiger partial charge in [-0.1, -0.05) is 18.2 Å². The maximum absolute atomic E-state index is 12.2. The van der Waals surface area contributed by atoms with E-state index in [-0.39, 0.29) is 23.7 Å². The van der Waals surface area contributed by atoms with Crippen molar-refractivity contribution in [3.05, 3.63) is 45.9 Å². The highest BCUT2D eigenvalue weighted by molar-refractivity contribution is 8.04. The molecular weight excluding hydrogens is 264 g/mol. The second-order valence-electron chi connectivity index (χ2n) is 4.19. The zero-order chi connectivity index (χ0) is 14.0. The average molecular weight is 276 g/mol. The monoisotopic (exact) mass is 276 g/mol. The Hall–Kier alpha value is -1.88. The average Bonchev–Trinajstić information content (AvgIpc) is 2.34. The van der Waals surface area contributed by atoms with Crippen LogP contribution in [0.1, 0.15) is 32.7 Å². The van der Waals surface area contributed by atoms with E-state index < -0.39 is 5.97 Å². The number of carboxylic acids is 1. The van der Waals surface area contributed by atoms with Crippen LogP contribution in [-0.2, 0) is 4.79 Å². The van der Waals surface area contributed by atoms with Crippen molar-refractivity contribution < 1.29 is 19.5 Å². The second-order valence-corrected chi connectivity index (χ2v) is 5.33. The highest BCUT2D eigenvalue weighted by Gasteiger charge is 2.26. The minimum atomic E-state index is -0.918. The summed E-state index contributed by atoms with van der Waals surface area (Å²) in [6.07, 6.45) is 1.27. The number of aliphatic carboxylic acids is 1. The van der Waals surface area contributed by atoms with Crippen LogP contribution in [-0.4, -0.2) is 28.4 Å². The third-order valence-corrected chi connectivity index (χ3v) is 3.85. The third kappa shape index (κ3) is 2.76. The van der Waals surface area contributed by atoms with Gasteiger partial charge in [0.05, 0.1) is 11.3 Å². The van der Waals surface area contributed by atoms with E-state index in [9.17, 15) is 14.4 Å². The van der Waals surface area contributed by atoms with Crippen molar-refractivity contribution in [2.24, 2.45) is 0 Å². The van der Waals surface area contributed by atoms with Gasteiger partial charge in [0.15, 0.2) is 11.6 Å². The van der Waals surface area contributed by atoms with Crippen molar-refractivity contribution in [2.45, 2.75) is 13.3 Å². The van der Waals surface area contributed by atoms with Crippen molar-refractivity contribution in [3.63, 3.8) is 0 Å². The maximum Gasteiger partial charge on any atom is 0.304 e. The van der Waals surface area contributed by atoms with Gasteiger partial charge in [0.2, 0.25) is 0 Å². The van der Waals surface area contributed by atoms with E-state index in [0.29, 0.717) is 16.0 Å². The summed E-state index contributed by atoms with van der Waals surface area (Å²) in [7, 11) is 0. The van der Waals surface area contributed by atoms with E-state index >= 15 is 0 Å². The van der Waals surface area contributed by atoms with Gasteiger partial charge in [-0.2, -0.15) is 0 Å². The molecule has 1 aliphatic rings. The molecule has 2 rings (SSSR count). The van der Waals surface area contributed by atoms with E-state index in [2.05, 4.69) is 0 Å². The van der Waals surface area contributed by atoms with E-state index in [0.717, 1.165) is 17.3 Å². The van der Waals surface area contributed by atoms with Gasteiger partial charge in [-0.3, -0.25) is 14.4 Å². The SMILES string of the molecule is Cc1cccc2c1C(=O)C=C(SCCC(=O)O)C2=O. The van der Waals surface area contributed by atoms with Crippen molar-refractivity contribution in [1.29, 1.82) is 0 Å². The zero-order valence-corrected chi connectivity index (χ0v) is 11.1. The number of thioether (sulfide) groups is 1. The maximum atomic E-state index is 12.2. The van der Waals surface area contributed by atoms with Crippen molar-refractivity contribution in [3.8, 4) is 0 Å². The molecule has 0 bridgehead atoms. The number of carbonyl (C=O) groups is 3. The van der Waals surface area contributed by atoms with Crippen LogP contribution >= 0.6 is 11.8 Å². The van der Waals surface area contributed by atoms with Gasteiger partial charge in [0.1, 0.15) is 0 Å². The Kier molecular flexibility index (Phi) is 3.85. The molecule has 1 aliphatic carbocycles. The summed E-state index contributed by atoms with van der Waals surface area (Å²) < 4.78 is 0. The van der Waals surface area contributed by atoms with Gasteiger partial charge in [0.25, 0.3) is 0 Å². The lowest BCUT2D eigenvalue weighted by Gasteiger charge is -2.16. The fraction of sp³-hybridized carbons (Fsp3) is 0.214. The molecule has 5 heteroatoms. The first-order valence-electron chi connectivity index (χ1n) is 5.75. The fourth-order valence-corrected chi connectivity index (χ4v) is 2.86. The molecule has 0 unspecified atom stereocenters. The molecule has 0 saturated carbocycles. The Labute approximate surface area is 114 Å². The topological polar surface area (TPSA) is 71.4 Å². The normalized spacial score (nSPS) is 14.1. The number of rotatable bonds is 4. The van der Waals surface area contributed by atoms with Crippen LogP contribution in [0.5, 0.6) is 0 Å². The smallest absolute Gasteiger partial charge is 0.304 e. The first-order valence-corrected chi connectivity index (χ1v) is 6.74. The number of ketones is 2. The highest BCUT2D eigenvalue weighted by Crippen LogP contribution is 2.30. The molecule has 1 aromatic carbocycles. The van der Waals surface area contributed by atoms with Crippen molar-refractivity contribution in [2.75, 3.05) is 5.75 Å². The lowest BCUT2D eigenvalue weighted by atomic mass is 9.91. The molecule has 0 spiro atoms. The minimum absolute atomic E-state index is 0.0375. The van der Waals surface area contributed by atoms with Crippen LogP contribution in [0.4, 0.5) is 0 Å². The molecule has 1 N–H and O–H groups in total. The Morgan fingerprint density at radius 2 is 2.05 bits per heavy atom. The minimum Gasteiger partial charge on any atom is -0.481 e. The first kappa shape index (κ1) is 13.5. The molecule has 0 radical (unpaired) electrons. The molecule has 0 saturated heterocycles. The Bertz CT molecular complexity index is 601. The van der Waals surface area contributed by atoms with Gasteiger partial charge in [0, 0.05) is 23.0 Å². The van der Waals surface area contributed by atoms with E-state index in [4.69, 9.17) is 5.11 Å². The quantitative estimate of drug-likeness (QED) is 0.914. The number of benzene rings is 1. The van der Waals surface area contributed by atoms with Crippen LogP contribution < -0.4 is 0 Å². The largest absolute Gasteiger partial charge is 0.481 e. The molecule has 4 nitrogen and oxygen atoms in total. The van der Waals surface area contributed by atoms with Crippen molar-refractivity contribution >= 4 is 29.3 Å². The summed E-state index contributed by atoms with van der Waals surface area (Å²) in [5.74, 6) is -1.03. The molecule has 0 aromatic heterocycles. The summed E-state index contributed by atoms with van der Waals surface area (Å²) in [5.41, 5.74) is 1.64. The fourth-order valence-electron chi connectivity index (χ4n) is 1.93. The van der Waals surface area contributed by atoms with Crippen molar-refractivity contribution in [1.82, 2.24) is 0 Å². The van der Waals surface area contributed by atoms with E-state index in [1.165, 1.54) is 6.08 Å². The first-order chi connectivity index (χ1) is 9.00. The Morgan fingerprint density at radius 1 is 1.32 bits per heavy atom. The Balaban J connectivity index is 2.25. The number of hydrogen-bond acceptors (Lipinski definition) is 4. The number of allylic oxidation sites excluding steroid dienone is 2. The second kappa shape index (κ2) is 5.40. The molecule has 98 valence electrons. The standard InChI is InChI=1S/C14H12O4S/c1-8-3-2-4-9-13(8)10(15)7-11(14(9)18)19-6-5-12(16)17/h2-4,7H,5-6H2,1H3,(H,16,17). The van der Waals surface area contributed by atoms with Gasteiger partial charge in [-0.05, 0) is 12.5 Å². The van der Waals surface area contributed by atoms with Crippen LogP contribution in [0.15, 0.2) is 29.2 Å². The van der Waals surface area contributed by atoms with Crippen LogP contribution in [0.2, 0.25) is 0 Å². The number of hydrogen-bond donors (Lipinski definition) is 1. The molecule has 0 aliphatic heterocycles. The summed E-state index contributed by atoms with van der Waals surface area (Å²) in [4.78, 5) is 35.0. The summed E-state index contributed by atoms with van der Waals surface area (Å²) >= 11 is 1.12. The molecular formula is C14H12O4S. The van der Waals surface area contributed by atoms with Crippen LogP contribution in [0.25, 0.3) is 0 Å². The number of fused-ring (bicyclic) bond motifs is 1. The van der Waals surface area contributed by atoms with Crippen LogP contribution in [0.3, 0.4) is 0 Å². The number of carbonyl (C=O) groups excluding carboxylic acids is 2. The third-order valence-electron chi connectivity index (χ3n) is 2.82. The molecule has 0 fully saturated rings. The van der Waals surface area contributed by atoms with Crippen LogP contribution in [0, 0.1) is 6.92 Å². The van der Waals surface area contributed by atoms with Gasteiger partial charge < -0.3 is 5.11 Å². The molecule has 0 heterocycles. The van der Waals surface area contributed by atoms with Gasteiger partial charge in [-0.25, -0.2) is 0 Å². The summed E-state index contributed by atoms with van der Waals surface area (Å²) in [6, 6.07) is 5.16. The van der Waals surface area contributed by atoms with Gasteiger partial charge in [-0.15, -0.1) is 11.8 Å². The predicted molar refractivity (Wildman–Crippen MR) is 72.6 cm³/mol. The molecule has 19 heavy (non-hydrogen) atoms. The number of aryl methyl sites for hydroxylation is 1. The lowest BCUT2D eigenvalue weighted by Crippen LogP contribution is -2.17. The predicted octanol–water partition coefficient (Wildman–Crippen LogP) is 2.47. The number of carboxylic acid groups (broad SMARTS) is 1. The summed E-state index contributed by atoms with van der Waals surface area (Å²) in [6.45, 7) is 1.79.